The normalized spacial score (nSPS) is 13.6. The highest BCUT2D eigenvalue weighted by atomic mass is 79.9. The summed E-state index contributed by atoms with van der Waals surface area (Å²) in [5, 5.41) is 0. The topological polar surface area (TPSA) is 46.6 Å². The van der Waals surface area contributed by atoms with Crippen LogP contribution in [0.15, 0.2) is 59.1 Å². The third-order valence-corrected chi connectivity index (χ3v) is 4.63. The zero-order valence-electron chi connectivity index (χ0n) is 13.7. The number of hydrogen-bond acceptors (Lipinski definition) is 3. The van der Waals surface area contributed by atoms with Crippen LogP contribution in [0.25, 0.3) is 6.08 Å². The zero-order chi connectivity index (χ0) is 17.6. The Labute approximate surface area is 155 Å². The lowest BCUT2D eigenvalue weighted by atomic mass is 10.00. The average molecular weight is 400 g/mol. The van der Waals surface area contributed by atoms with E-state index in [1.165, 1.54) is 11.6 Å². The Morgan fingerprint density at radius 1 is 1.08 bits per heavy atom. The molecule has 0 spiro atoms. The van der Waals surface area contributed by atoms with E-state index < -0.39 is 5.97 Å². The summed E-state index contributed by atoms with van der Waals surface area (Å²) in [5.74, 6) is -0.687. The highest BCUT2D eigenvalue weighted by molar-refractivity contribution is 9.10. The summed E-state index contributed by atoms with van der Waals surface area (Å²) in [5.41, 5.74) is 3.32. The average Bonchev–Trinajstić information content (AvgIpc) is 2.65. The predicted octanol–water partition coefficient (Wildman–Crippen LogP) is 3.59. The van der Waals surface area contributed by atoms with Gasteiger partial charge in [-0.25, -0.2) is 4.79 Å². The van der Waals surface area contributed by atoms with Gasteiger partial charge in [-0.15, -0.1) is 0 Å². The van der Waals surface area contributed by atoms with E-state index in [-0.39, 0.29) is 12.5 Å². The molecule has 0 aliphatic carbocycles. The van der Waals surface area contributed by atoms with Gasteiger partial charge >= 0.3 is 5.97 Å². The van der Waals surface area contributed by atoms with Crippen LogP contribution in [0, 0.1) is 0 Å². The quantitative estimate of drug-likeness (QED) is 0.582. The molecule has 1 aliphatic heterocycles. The number of rotatable bonds is 4. The number of carbonyl (C=O) groups excluding carboxylic acids is 2. The first-order valence-electron chi connectivity index (χ1n) is 8.07. The minimum atomic E-state index is -0.520. The van der Waals surface area contributed by atoms with Gasteiger partial charge in [0.05, 0.1) is 0 Å². The number of hydrogen-bond donors (Lipinski definition) is 0. The van der Waals surface area contributed by atoms with Crippen LogP contribution >= 0.6 is 15.9 Å². The fourth-order valence-electron chi connectivity index (χ4n) is 2.72. The fraction of sp³-hybridized carbons (Fsp3) is 0.200. The molecule has 2 aromatic rings. The summed E-state index contributed by atoms with van der Waals surface area (Å²) in [6.45, 7) is 0.995. The Morgan fingerprint density at radius 3 is 2.56 bits per heavy atom. The molecule has 0 fully saturated rings. The first kappa shape index (κ1) is 17.4. The van der Waals surface area contributed by atoms with Crippen LogP contribution in [0.4, 0.5) is 0 Å². The molecule has 4 nitrogen and oxygen atoms in total. The maximum Gasteiger partial charge on any atom is 0.331 e. The lowest BCUT2D eigenvalue weighted by Crippen LogP contribution is -2.38. The Kier molecular flexibility index (Phi) is 5.66. The molecule has 2 aromatic carbocycles. The molecule has 0 saturated carbocycles. The molecule has 0 radical (unpaired) electrons. The fourth-order valence-corrected chi connectivity index (χ4v) is 2.98. The summed E-state index contributed by atoms with van der Waals surface area (Å²) in [4.78, 5) is 25.8. The van der Waals surface area contributed by atoms with Gasteiger partial charge < -0.3 is 9.64 Å². The van der Waals surface area contributed by atoms with E-state index in [4.69, 9.17) is 4.74 Å². The Balaban J connectivity index is 1.49. The van der Waals surface area contributed by atoms with Crippen molar-refractivity contribution in [3.63, 3.8) is 0 Å². The molecule has 0 bridgehead atoms. The first-order valence-corrected chi connectivity index (χ1v) is 8.86. The van der Waals surface area contributed by atoms with E-state index in [1.54, 1.807) is 11.0 Å². The van der Waals surface area contributed by atoms with Crippen LogP contribution in [-0.2, 0) is 27.3 Å². The van der Waals surface area contributed by atoms with Crippen LogP contribution in [-0.4, -0.2) is 29.9 Å². The molecule has 0 atom stereocenters. The van der Waals surface area contributed by atoms with Gasteiger partial charge in [-0.2, -0.15) is 0 Å². The van der Waals surface area contributed by atoms with Gasteiger partial charge in [0.2, 0.25) is 0 Å². The van der Waals surface area contributed by atoms with Crippen LogP contribution in [0.3, 0.4) is 0 Å². The Bertz CT molecular complexity index is 799. The highest BCUT2D eigenvalue weighted by Gasteiger charge is 2.20. The van der Waals surface area contributed by atoms with E-state index in [1.807, 2.05) is 42.5 Å². The van der Waals surface area contributed by atoms with Gasteiger partial charge in [-0.05, 0) is 41.3 Å². The molecule has 0 unspecified atom stereocenters. The van der Waals surface area contributed by atoms with E-state index in [0.717, 1.165) is 22.0 Å². The second-order valence-corrected chi connectivity index (χ2v) is 6.74. The molecule has 128 valence electrons. The van der Waals surface area contributed by atoms with Crippen LogP contribution in [0.1, 0.15) is 16.7 Å². The highest BCUT2D eigenvalue weighted by Crippen LogP contribution is 2.18. The number of esters is 1. The molecule has 1 aliphatic rings. The van der Waals surface area contributed by atoms with Crippen LogP contribution in [0.5, 0.6) is 0 Å². The molecule has 1 heterocycles. The van der Waals surface area contributed by atoms with Gasteiger partial charge in [-0.3, -0.25) is 4.79 Å². The van der Waals surface area contributed by atoms with Gasteiger partial charge in [0.15, 0.2) is 6.61 Å². The molecular formula is C20H18BrNO3. The summed E-state index contributed by atoms with van der Waals surface area (Å²) >= 11 is 3.36. The summed E-state index contributed by atoms with van der Waals surface area (Å²) in [7, 11) is 0. The molecule has 0 aromatic heterocycles. The maximum absolute atomic E-state index is 12.2. The largest absolute Gasteiger partial charge is 0.452 e. The van der Waals surface area contributed by atoms with E-state index in [0.29, 0.717) is 13.1 Å². The number of carbonyl (C=O) groups is 2. The number of fused-ring (bicyclic) bond motifs is 1. The number of amides is 1. The first-order chi connectivity index (χ1) is 12.1. The SMILES string of the molecule is O=C(/C=C/c1ccc(Br)cc1)OCC(=O)N1CCc2ccccc2C1. The minimum Gasteiger partial charge on any atom is -0.452 e. The van der Waals surface area contributed by atoms with Crippen LogP contribution in [0.2, 0.25) is 0 Å². The lowest BCUT2D eigenvalue weighted by Gasteiger charge is -2.28. The Hall–Kier alpha value is -2.40. The predicted molar refractivity (Wildman–Crippen MR) is 99.7 cm³/mol. The summed E-state index contributed by atoms with van der Waals surface area (Å²) < 4.78 is 6.04. The number of benzene rings is 2. The van der Waals surface area contributed by atoms with E-state index >= 15 is 0 Å². The van der Waals surface area contributed by atoms with E-state index in [9.17, 15) is 9.59 Å². The number of halogens is 1. The van der Waals surface area contributed by atoms with Crippen molar-refractivity contribution in [1.82, 2.24) is 4.90 Å². The molecule has 0 N–H and O–H groups in total. The summed E-state index contributed by atoms with van der Waals surface area (Å²) in [6, 6.07) is 15.6. The molecule has 25 heavy (non-hydrogen) atoms. The number of nitrogens with zero attached hydrogens (tertiary/aromatic N) is 1. The van der Waals surface area contributed by atoms with Gasteiger partial charge in [0, 0.05) is 23.6 Å². The van der Waals surface area contributed by atoms with E-state index in [2.05, 4.69) is 22.0 Å². The van der Waals surface area contributed by atoms with Crippen molar-refractivity contribution < 1.29 is 14.3 Å². The van der Waals surface area contributed by atoms with Crippen molar-refractivity contribution in [2.75, 3.05) is 13.2 Å². The van der Waals surface area contributed by atoms with Gasteiger partial charge in [0.25, 0.3) is 5.91 Å². The Morgan fingerprint density at radius 2 is 1.80 bits per heavy atom. The van der Waals surface area contributed by atoms with Gasteiger partial charge in [-0.1, -0.05) is 52.3 Å². The zero-order valence-corrected chi connectivity index (χ0v) is 15.2. The standard InChI is InChI=1S/C20H18BrNO3/c21-18-8-5-15(6-9-18)7-10-20(24)25-14-19(23)22-12-11-16-3-1-2-4-17(16)13-22/h1-10H,11-14H2/b10-7+. The lowest BCUT2D eigenvalue weighted by molar-refractivity contribution is -0.148. The molecule has 0 saturated heterocycles. The second kappa shape index (κ2) is 8.12. The van der Waals surface area contributed by atoms with Crippen molar-refractivity contribution in [2.24, 2.45) is 0 Å². The molecule has 5 heteroatoms. The molecule has 1 amide bonds. The van der Waals surface area contributed by atoms with Crippen molar-refractivity contribution in [1.29, 1.82) is 0 Å². The van der Waals surface area contributed by atoms with Gasteiger partial charge in [0.1, 0.15) is 0 Å². The van der Waals surface area contributed by atoms with Crippen molar-refractivity contribution in [2.45, 2.75) is 13.0 Å². The minimum absolute atomic E-state index is 0.167. The summed E-state index contributed by atoms with van der Waals surface area (Å²) in [6.07, 6.45) is 3.83. The number of ether oxygens (including phenoxy) is 1. The third-order valence-electron chi connectivity index (χ3n) is 4.10. The molecule has 3 rings (SSSR count). The smallest absolute Gasteiger partial charge is 0.331 e. The van der Waals surface area contributed by atoms with Crippen LogP contribution < -0.4 is 0 Å². The second-order valence-electron chi connectivity index (χ2n) is 5.83. The maximum atomic E-state index is 12.2. The molecular weight excluding hydrogens is 382 g/mol. The van der Waals surface area contributed by atoms with Crippen molar-refractivity contribution in [3.8, 4) is 0 Å². The monoisotopic (exact) mass is 399 g/mol. The van der Waals surface area contributed by atoms with Crippen molar-refractivity contribution in [3.05, 3.63) is 75.8 Å². The third kappa shape index (κ3) is 4.79. The van der Waals surface area contributed by atoms with Crippen molar-refractivity contribution >= 4 is 33.9 Å².